The summed E-state index contributed by atoms with van der Waals surface area (Å²) in [5.41, 5.74) is 0. The van der Waals surface area contributed by atoms with Crippen LogP contribution in [0.15, 0.2) is 0 Å². The van der Waals surface area contributed by atoms with Gasteiger partial charge in [-0.25, -0.2) is 8.78 Å². The zero-order chi connectivity index (χ0) is 13.4. The summed E-state index contributed by atoms with van der Waals surface area (Å²) in [4.78, 5) is 1.70. The third kappa shape index (κ3) is 5.59. The normalized spacial score (nSPS) is 25.7. The van der Waals surface area contributed by atoms with Crippen LogP contribution in [0.25, 0.3) is 0 Å². The average molecular weight is 264 g/mol. The van der Waals surface area contributed by atoms with Crippen molar-refractivity contribution in [3.8, 4) is 0 Å². The van der Waals surface area contributed by atoms with Crippen molar-refractivity contribution in [1.29, 1.82) is 0 Å². The van der Waals surface area contributed by atoms with Gasteiger partial charge >= 0.3 is 0 Å². The number of hydrogen-bond acceptors (Lipinski definition) is 3. The van der Waals surface area contributed by atoms with E-state index in [1.165, 1.54) is 19.3 Å². The lowest BCUT2D eigenvalue weighted by molar-refractivity contribution is 0.0651. The minimum absolute atomic E-state index is 0.0519. The molecule has 0 saturated heterocycles. The largest absolute Gasteiger partial charge is 0.395 e. The van der Waals surface area contributed by atoms with Gasteiger partial charge in [-0.2, -0.15) is 0 Å². The highest BCUT2D eigenvalue weighted by molar-refractivity contribution is 4.81. The molecule has 0 bridgehead atoms. The lowest BCUT2D eigenvalue weighted by atomic mass is 9.94. The quantitative estimate of drug-likeness (QED) is 0.687. The van der Waals surface area contributed by atoms with Gasteiger partial charge in [0.1, 0.15) is 0 Å². The van der Waals surface area contributed by atoms with Crippen molar-refractivity contribution >= 4 is 0 Å². The van der Waals surface area contributed by atoms with Crippen molar-refractivity contribution in [2.24, 2.45) is 5.92 Å². The summed E-state index contributed by atoms with van der Waals surface area (Å²) in [5, 5.41) is 12.3. The number of aliphatic hydroxyl groups is 1. The van der Waals surface area contributed by atoms with Gasteiger partial charge in [-0.15, -0.1) is 0 Å². The first-order chi connectivity index (χ1) is 8.67. The minimum atomic E-state index is -2.32. The molecule has 5 heteroatoms. The number of aliphatic hydroxyl groups excluding tert-OH is 1. The molecule has 0 spiro atoms. The van der Waals surface area contributed by atoms with Gasteiger partial charge in [0, 0.05) is 19.1 Å². The van der Waals surface area contributed by atoms with E-state index in [1.54, 1.807) is 4.90 Å². The van der Waals surface area contributed by atoms with Gasteiger partial charge in [-0.3, -0.25) is 4.90 Å². The highest BCUT2D eigenvalue weighted by Gasteiger charge is 2.25. The molecule has 1 aliphatic rings. The molecule has 2 unspecified atom stereocenters. The molecular formula is C13H26F2N2O. The van der Waals surface area contributed by atoms with E-state index in [9.17, 15) is 8.78 Å². The maximum atomic E-state index is 12.5. The molecule has 1 fully saturated rings. The molecule has 18 heavy (non-hydrogen) atoms. The van der Waals surface area contributed by atoms with Crippen LogP contribution in [0.3, 0.4) is 0 Å². The molecule has 0 aromatic carbocycles. The van der Waals surface area contributed by atoms with Crippen LogP contribution in [0.2, 0.25) is 0 Å². The summed E-state index contributed by atoms with van der Waals surface area (Å²) in [6.45, 7) is 0.727. The molecule has 108 valence electrons. The second-order valence-electron chi connectivity index (χ2n) is 5.17. The van der Waals surface area contributed by atoms with E-state index in [0.29, 0.717) is 25.0 Å². The molecule has 0 aromatic rings. The van der Waals surface area contributed by atoms with Crippen LogP contribution >= 0.6 is 0 Å². The zero-order valence-electron chi connectivity index (χ0n) is 11.2. The first-order valence-corrected chi connectivity index (χ1v) is 6.96. The van der Waals surface area contributed by atoms with Crippen LogP contribution in [0, 0.1) is 5.92 Å². The lowest BCUT2D eigenvalue weighted by Gasteiger charge is -2.31. The molecule has 1 saturated carbocycles. The van der Waals surface area contributed by atoms with E-state index < -0.39 is 6.43 Å². The Kier molecular flexibility index (Phi) is 7.70. The van der Waals surface area contributed by atoms with Crippen molar-refractivity contribution in [3.05, 3.63) is 0 Å². The Balaban J connectivity index is 2.52. The summed E-state index contributed by atoms with van der Waals surface area (Å²) >= 11 is 0. The monoisotopic (exact) mass is 264 g/mol. The molecular weight excluding hydrogens is 238 g/mol. The summed E-state index contributed by atoms with van der Waals surface area (Å²) in [6, 6.07) is 0.423. The first kappa shape index (κ1) is 15.8. The predicted octanol–water partition coefficient (Wildman–Crippen LogP) is 1.71. The number of hydrogen-bond donors (Lipinski definition) is 2. The van der Waals surface area contributed by atoms with E-state index in [-0.39, 0.29) is 13.2 Å². The Labute approximate surface area is 109 Å². The first-order valence-electron chi connectivity index (χ1n) is 6.96. The Morgan fingerprint density at radius 3 is 2.61 bits per heavy atom. The molecule has 0 heterocycles. The maximum Gasteiger partial charge on any atom is 0.251 e. The number of rotatable bonds is 7. The molecule has 1 aliphatic carbocycles. The maximum absolute atomic E-state index is 12.5. The fraction of sp³-hybridized carbons (Fsp3) is 1.00. The van der Waals surface area contributed by atoms with Crippen LogP contribution < -0.4 is 5.32 Å². The Morgan fingerprint density at radius 1 is 1.28 bits per heavy atom. The van der Waals surface area contributed by atoms with Crippen LogP contribution in [0.1, 0.15) is 32.1 Å². The smallest absolute Gasteiger partial charge is 0.251 e. The number of nitrogens with zero attached hydrogens (tertiary/aromatic N) is 1. The predicted molar refractivity (Wildman–Crippen MR) is 69.0 cm³/mol. The van der Waals surface area contributed by atoms with E-state index in [1.807, 2.05) is 7.05 Å². The summed E-state index contributed by atoms with van der Waals surface area (Å²) < 4.78 is 25.0. The van der Waals surface area contributed by atoms with Gasteiger partial charge in [0.25, 0.3) is 6.43 Å². The fourth-order valence-corrected chi connectivity index (χ4v) is 2.91. The molecule has 2 N–H and O–H groups in total. The Bertz CT molecular complexity index is 217. The van der Waals surface area contributed by atoms with Crippen molar-refractivity contribution in [2.45, 2.75) is 44.6 Å². The van der Waals surface area contributed by atoms with E-state index in [2.05, 4.69) is 5.32 Å². The lowest BCUT2D eigenvalue weighted by Crippen LogP contribution is -2.42. The van der Waals surface area contributed by atoms with Crippen molar-refractivity contribution in [3.63, 3.8) is 0 Å². The third-order valence-electron chi connectivity index (χ3n) is 3.84. The average Bonchev–Trinajstić information content (AvgIpc) is 2.53. The standard InChI is InChI=1S/C13H26F2N2O/c1-16-12-6-4-2-3-5-11(12)9-17(7-8-18)10-13(14)15/h11-13,16,18H,2-10H2,1H3. The van der Waals surface area contributed by atoms with E-state index in [4.69, 9.17) is 5.11 Å². The molecule has 0 radical (unpaired) electrons. The summed E-state index contributed by atoms with van der Waals surface area (Å²) in [7, 11) is 1.95. The second-order valence-corrected chi connectivity index (χ2v) is 5.17. The minimum Gasteiger partial charge on any atom is -0.395 e. The van der Waals surface area contributed by atoms with Gasteiger partial charge < -0.3 is 10.4 Å². The molecule has 1 rings (SSSR count). The Morgan fingerprint density at radius 2 is 2.00 bits per heavy atom. The van der Waals surface area contributed by atoms with Crippen LogP contribution in [-0.2, 0) is 0 Å². The number of nitrogens with one attached hydrogen (secondary N) is 1. The van der Waals surface area contributed by atoms with Gasteiger partial charge in [-0.05, 0) is 25.8 Å². The van der Waals surface area contributed by atoms with Crippen molar-refractivity contribution < 1.29 is 13.9 Å². The van der Waals surface area contributed by atoms with Crippen molar-refractivity contribution in [1.82, 2.24) is 10.2 Å². The van der Waals surface area contributed by atoms with E-state index in [0.717, 1.165) is 12.8 Å². The topological polar surface area (TPSA) is 35.5 Å². The number of halogens is 2. The zero-order valence-corrected chi connectivity index (χ0v) is 11.2. The molecule has 3 nitrogen and oxygen atoms in total. The SMILES string of the molecule is CNC1CCCCCC1CN(CCO)CC(F)F. The van der Waals surface area contributed by atoms with Gasteiger partial charge in [0.2, 0.25) is 0 Å². The van der Waals surface area contributed by atoms with Gasteiger partial charge in [0.15, 0.2) is 0 Å². The number of alkyl halides is 2. The van der Waals surface area contributed by atoms with Crippen LogP contribution in [0.5, 0.6) is 0 Å². The highest BCUT2D eigenvalue weighted by Crippen LogP contribution is 2.24. The van der Waals surface area contributed by atoms with Gasteiger partial charge in [-0.1, -0.05) is 19.3 Å². The third-order valence-corrected chi connectivity index (χ3v) is 3.84. The van der Waals surface area contributed by atoms with E-state index >= 15 is 0 Å². The van der Waals surface area contributed by atoms with Crippen LogP contribution in [0.4, 0.5) is 8.78 Å². The highest BCUT2D eigenvalue weighted by atomic mass is 19.3. The summed E-state index contributed by atoms with van der Waals surface area (Å²) in [5.74, 6) is 0.419. The van der Waals surface area contributed by atoms with Crippen LogP contribution in [-0.4, -0.2) is 55.8 Å². The molecule has 0 amide bonds. The van der Waals surface area contributed by atoms with Crippen molar-refractivity contribution in [2.75, 3.05) is 33.3 Å². The van der Waals surface area contributed by atoms with Gasteiger partial charge in [0.05, 0.1) is 13.2 Å². The molecule has 0 aromatic heterocycles. The summed E-state index contributed by atoms with van der Waals surface area (Å²) in [6.07, 6.45) is 3.54. The molecule has 0 aliphatic heterocycles. The second kappa shape index (κ2) is 8.77. The molecule has 2 atom stereocenters. The Hall–Kier alpha value is -0.260. The fourth-order valence-electron chi connectivity index (χ4n) is 2.91.